The van der Waals surface area contributed by atoms with Gasteiger partial charge in [-0.1, -0.05) is 0 Å². The standard InChI is InChI=1S/C12H16F3NO4/c13-12(14,15)10(19)16-5-3-11(4-6-16)2-1-8(9(17)18)20-7-11/h8H,1-7H2,(H,17,18). The van der Waals surface area contributed by atoms with Gasteiger partial charge < -0.3 is 14.7 Å². The Hall–Kier alpha value is -1.31. The first-order chi connectivity index (χ1) is 9.23. The number of carboxylic acids is 1. The van der Waals surface area contributed by atoms with Crippen molar-refractivity contribution in [1.29, 1.82) is 0 Å². The Morgan fingerprint density at radius 1 is 1.20 bits per heavy atom. The molecule has 0 radical (unpaired) electrons. The number of carboxylic acid groups (broad SMARTS) is 1. The summed E-state index contributed by atoms with van der Waals surface area (Å²) in [5, 5.41) is 8.83. The highest BCUT2D eigenvalue weighted by atomic mass is 19.4. The second-order valence-corrected chi connectivity index (χ2v) is 5.47. The number of carbonyl (C=O) groups is 2. The predicted molar refractivity (Wildman–Crippen MR) is 60.9 cm³/mol. The van der Waals surface area contributed by atoms with E-state index in [1.165, 1.54) is 0 Å². The second-order valence-electron chi connectivity index (χ2n) is 5.47. The maximum Gasteiger partial charge on any atom is 0.471 e. The van der Waals surface area contributed by atoms with E-state index in [-0.39, 0.29) is 25.1 Å². The number of halogens is 3. The zero-order valence-corrected chi connectivity index (χ0v) is 10.8. The zero-order chi connectivity index (χ0) is 15.0. The number of hydrogen-bond acceptors (Lipinski definition) is 3. The van der Waals surface area contributed by atoms with Gasteiger partial charge in [-0.2, -0.15) is 13.2 Å². The van der Waals surface area contributed by atoms with Crippen LogP contribution in [0.4, 0.5) is 13.2 Å². The predicted octanol–water partition coefficient (Wildman–Crippen LogP) is 1.42. The van der Waals surface area contributed by atoms with Crippen LogP contribution in [0.5, 0.6) is 0 Å². The highest BCUT2D eigenvalue weighted by molar-refractivity contribution is 5.81. The first kappa shape index (κ1) is 15.1. The molecule has 5 nitrogen and oxygen atoms in total. The first-order valence-electron chi connectivity index (χ1n) is 6.44. The van der Waals surface area contributed by atoms with Crippen molar-refractivity contribution in [3.05, 3.63) is 0 Å². The van der Waals surface area contributed by atoms with Crippen LogP contribution in [-0.2, 0) is 14.3 Å². The van der Waals surface area contributed by atoms with Gasteiger partial charge >= 0.3 is 18.1 Å². The smallest absolute Gasteiger partial charge is 0.471 e. The number of piperidine rings is 1. The molecule has 1 spiro atoms. The first-order valence-corrected chi connectivity index (χ1v) is 6.44. The molecule has 2 rings (SSSR count). The number of alkyl halides is 3. The normalized spacial score (nSPS) is 26.6. The van der Waals surface area contributed by atoms with E-state index in [1.54, 1.807) is 0 Å². The molecule has 0 aliphatic carbocycles. The topological polar surface area (TPSA) is 66.8 Å². The number of hydrogen-bond donors (Lipinski definition) is 1. The SMILES string of the molecule is O=C(O)C1CCC2(CCN(C(=O)C(F)(F)F)CC2)CO1. The number of amides is 1. The van der Waals surface area contributed by atoms with Crippen LogP contribution in [0.15, 0.2) is 0 Å². The Kier molecular flexibility index (Phi) is 3.95. The average molecular weight is 295 g/mol. The number of aliphatic carboxylic acids is 1. The van der Waals surface area contributed by atoms with Gasteiger partial charge in [0.25, 0.3) is 0 Å². The summed E-state index contributed by atoms with van der Waals surface area (Å²) in [4.78, 5) is 22.7. The second kappa shape index (κ2) is 5.23. The van der Waals surface area contributed by atoms with Gasteiger partial charge in [0.2, 0.25) is 0 Å². The van der Waals surface area contributed by atoms with Crippen molar-refractivity contribution in [3.8, 4) is 0 Å². The molecule has 2 heterocycles. The van der Waals surface area contributed by atoms with E-state index in [0.717, 1.165) is 4.90 Å². The minimum Gasteiger partial charge on any atom is -0.479 e. The van der Waals surface area contributed by atoms with Crippen molar-refractivity contribution in [1.82, 2.24) is 4.90 Å². The van der Waals surface area contributed by atoms with Crippen molar-refractivity contribution in [2.24, 2.45) is 5.41 Å². The van der Waals surface area contributed by atoms with Gasteiger partial charge in [-0.05, 0) is 31.1 Å². The third-order valence-corrected chi connectivity index (χ3v) is 4.16. The van der Waals surface area contributed by atoms with Gasteiger partial charge in [0.15, 0.2) is 6.10 Å². The van der Waals surface area contributed by atoms with Gasteiger partial charge in [0, 0.05) is 13.1 Å². The quantitative estimate of drug-likeness (QED) is 0.794. The van der Waals surface area contributed by atoms with Gasteiger partial charge in [-0.3, -0.25) is 4.79 Å². The summed E-state index contributed by atoms with van der Waals surface area (Å²) in [5.41, 5.74) is -0.283. The van der Waals surface area contributed by atoms with Crippen LogP contribution < -0.4 is 0 Å². The highest BCUT2D eigenvalue weighted by Gasteiger charge is 2.47. The van der Waals surface area contributed by atoms with Crippen LogP contribution in [0.2, 0.25) is 0 Å². The van der Waals surface area contributed by atoms with E-state index < -0.39 is 24.2 Å². The maximum atomic E-state index is 12.3. The molecule has 0 aromatic heterocycles. The number of ether oxygens (including phenoxy) is 1. The fraction of sp³-hybridized carbons (Fsp3) is 0.833. The molecule has 0 saturated carbocycles. The van der Waals surface area contributed by atoms with Crippen LogP contribution in [0, 0.1) is 5.41 Å². The number of likely N-dealkylation sites (tertiary alicyclic amines) is 1. The lowest BCUT2D eigenvalue weighted by molar-refractivity contribution is -0.189. The third-order valence-electron chi connectivity index (χ3n) is 4.16. The molecule has 0 aromatic carbocycles. The molecule has 1 unspecified atom stereocenters. The summed E-state index contributed by atoms with van der Waals surface area (Å²) in [6.45, 7) is 0.316. The minimum absolute atomic E-state index is 0.0411. The molecule has 0 bridgehead atoms. The van der Waals surface area contributed by atoms with Crippen molar-refractivity contribution in [2.75, 3.05) is 19.7 Å². The minimum atomic E-state index is -4.83. The Morgan fingerprint density at radius 3 is 2.20 bits per heavy atom. The molecular weight excluding hydrogens is 279 g/mol. The molecule has 20 heavy (non-hydrogen) atoms. The highest BCUT2D eigenvalue weighted by Crippen LogP contribution is 2.41. The summed E-state index contributed by atoms with van der Waals surface area (Å²) in [6, 6.07) is 0. The van der Waals surface area contributed by atoms with Crippen molar-refractivity contribution in [3.63, 3.8) is 0 Å². The fourth-order valence-corrected chi connectivity index (χ4v) is 2.82. The average Bonchev–Trinajstić information content (AvgIpc) is 2.38. The number of rotatable bonds is 1. The summed E-state index contributed by atoms with van der Waals surface area (Å²) in [5.74, 6) is -2.81. The zero-order valence-electron chi connectivity index (χ0n) is 10.8. The molecule has 114 valence electrons. The fourth-order valence-electron chi connectivity index (χ4n) is 2.82. The largest absolute Gasteiger partial charge is 0.479 e. The Labute approximate surface area is 113 Å². The monoisotopic (exact) mass is 295 g/mol. The molecule has 2 aliphatic rings. The lowest BCUT2D eigenvalue weighted by atomic mass is 9.73. The van der Waals surface area contributed by atoms with E-state index in [9.17, 15) is 22.8 Å². The van der Waals surface area contributed by atoms with Crippen LogP contribution in [0.1, 0.15) is 25.7 Å². The summed E-state index contributed by atoms with van der Waals surface area (Å²) < 4.78 is 42.2. The maximum absolute atomic E-state index is 12.3. The van der Waals surface area contributed by atoms with Crippen molar-refractivity contribution in [2.45, 2.75) is 38.0 Å². The van der Waals surface area contributed by atoms with E-state index in [2.05, 4.69) is 0 Å². The Bertz CT molecular complexity index is 392. The van der Waals surface area contributed by atoms with Gasteiger partial charge in [-0.15, -0.1) is 0 Å². The van der Waals surface area contributed by atoms with Crippen LogP contribution in [0.3, 0.4) is 0 Å². The van der Waals surface area contributed by atoms with Crippen molar-refractivity contribution < 1.29 is 32.6 Å². The summed E-state index contributed by atoms with van der Waals surface area (Å²) in [7, 11) is 0. The molecule has 2 saturated heterocycles. The van der Waals surface area contributed by atoms with E-state index in [4.69, 9.17) is 9.84 Å². The Morgan fingerprint density at radius 2 is 1.80 bits per heavy atom. The summed E-state index contributed by atoms with van der Waals surface area (Å²) in [6.07, 6.45) is -3.85. The van der Waals surface area contributed by atoms with Crippen molar-refractivity contribution >= 4 is 11.9 Å². The molecule has 1 N–H and O–H groups in total. The van der Waals surface area contributed by atoms with E-state index in [1.807, 2.05) is 0 Å². The van der Waals surface area contributed by atoms with Crippen LogP contribution in [-0.4, -0.2) is 53.9 Å². The molecular formula is C12H16F3NO4. The van der Waals surface area contributed by atoms with E-state index >= 15 is 0 Å². The molecule has 2 aliphatic heterocycles. The molecule has 0 aromatic rings. The third kappa shape index (κ3) is 3.05. The molecule has 1 atom stereocenters. The molecule has 8 heteroatoms. The number of nitrogens with zero attached hydrogens (tertiary/aromatic N) is 1. The van der Waals surface area contributed by atoms with Gasteiger partial charge in [0.05, 0.1) is 6.61 Å². The van der Waals surface area contributed by atoms with E-state index in [0.29, 0.717) is 25.7 Å². The van der Waals surface area contributed by atoms with Gasteiger partial charge in [0.1, 0.15) is 0 Å². The molecule has 2 fully saturated rings. The van der Waals surface area contributed by atoms with Crippen LogP contribution in [0.25, 0.3) is 0 Å². The number of carbonyl (C=O) groups excluding carboxylic acids is 1. The van der Waals surface area contributed by atoms with Crippen LogP contribution >= 0.6 is 0 Å². The van der Waals surface area contributed by atoms with Gasteiger partial charge in [-0.25, -0.2) is 4.79 Å². The lowest BCUT2D eigenvalue weighted by Crippen LogP contribution is -2.51. The Balaban J connectivity index is 1.89. The molecule has 1 amide bonds. The lowest BCUT2D eigenvalue weighted by Gasteiger charge is -2.45. The summed E-state index contributed by atoms with van der Waals surface area (Å²) >= 11 is 0.